The molecule has 0 unspecified atom stereocenters. The highest BCUT2D eigenvalue weighted by Gasteiger charge is 2.36. The second kappa shape index (κ2) is 8.85. The summed E-state index contributed by atoms with van der Waals surface area (Å²) < 4.78 is 46.8. The Labute approximate surface area is 173 Å². The van der Waals surface area contributed by atoms with Crippen molar-refractivity contribution in [3.8, 4) is 16.9 Å². The molecule has 0 aliphatic rings. The van der Waals surface area contributed by atoms with Gasteiger partial charge in [-0.25, -0.2) is 4.79 Å². The van der Waals surface area contributed by atoms with Crippen molar-refractivity contribution >= 4 is 12.7 Å². The number of ether oxygens (including phenoxy) is 1. The van der Waals surface area contributed by atoms with Gasteiger partial charge in [-0.1, -0.05) is 19.9 Å². The van der Waals surface area contributed by atoms with Crippen LogP contribution in [0.4, 0.5) is 13.2 Å². The van der Waals surface area contributed by atoms with Gasteiger partial charge in [-0.15, -0.1) is 0 Å². The summed E-state index contributed by atoms with van der Waals surface area (Å²) in [5, 5.41) is 9.46. The highest BCUT2D eigenvalue weighted by atomic mass is 19.4. The summed E-state index contributed by atoms with van der Waals surface area (Å²) >= 11 is 0. The van der Waals surface area contributed by atoms with Crippen LogP contribution >= 0.6 is 0 Å². The fraction of sp³-hybridized carbons (Fsp3) is 0.409. The minimum atomic E-state index is -4.69. The summed E-state index contributed by atoms with van der Waals surface area (Å²) in [7, 11) is 0. The SMILES string of the molecule is C=N[C@](C)(COc1ccc(-c2ccnc(C)c2C(=O)O)cc1C(F)(F)F)CC(C)C. The topological polar surface area (TPSA) is 71.8 Å². The lowest BCUT2D eigenvalue weighted by molar-refractivity contribution is -0.139. The summed E-state index contributed by atoms with van der Waals surface area (Å²) in [5.41, 5.74) is -1.36. The molecule has 0 aliphatic carbocycles. The summed E-state index contributed by atoms with van der Waals surface area (Å²) in [6, 6.07) is 4.90. The lowest BCUT2D eigenvalue weighted by atomic mass is 9.92. The first-order valence-corrected chi connectivity index (χ1v) is 9.39. The molecule has 1 atom stereocenters. The highest BCUT2D eigenvalue weighted by molar-refractivity contribution is 5.97. The van der Waals surface area contributed by atoms with Crippen molar-refractivity contribution in [2.75, 3.05) is 6.61 Å². The zero-order valence-electron chi connectivity index (χ0n) is 17.4. The van der Waals surface area contributed by atoms with Crippen LogP contribution in [0.1, 0.15) is 48.8 Å². The number of alkyl halides is 3. The lowest BCUT2D eigenvalue weighted by Gasteiger charge is -2.27. The first kappa shape index (κ1) is 23.4. The molecule has 0 saturated heterocycles. The molecule has 8 heteroatoms. The van der Waals surface area contributed by atoms with Crippen LogP contribution in [0, 0.1) is 12.8 Å². The first-order chi connectivity index (χ1) is 13.9. The molecule has 1 heterocycles. The second-order valence-electron chi connectivity index (χ2n) is 7.87. The Morgan fingerprint density at radius 2 is 1.97 bits per heavy atom. The number of carbonyl (C=O) groups is 1. The molecular formula is C22H25F3N2O3. The number of aliphatic imine (C=N–C) groups is 1. The van der Waals surface area contributed by atoms with E-state index >= 15 is 0 Å². The van der Waals surface area contributed by atoms with Gasteiger partial charge in [0, 0.05) is 6.20 Å². The fourth-order valence-corrected chi connectivity index (χ4v) is 3.40. The Morgan fingerprint density at radius 3 is 2.50 bits per heavy atom. The monoisotopic (exact) mass is 422 g/mol. The van der Waals surface area contributed by atoms with E-state index in [0.29, 0.717) is 6.42 Å². The van der Waals surface area contributed by atoms with Gasteiger partial charge in [0.15, 0.2) is 0 Å². The number of rotatable bonds is 8. The molecule has 0 spiro atoms. The predicted octanol–water partition coefficient (Wildman–Crippen LogP) is 5.66. The maximum atomic E-state index is 13.7. The molecule has 2 aromatic rings. The van der Waals surface area contributed by atoms with Crippen LogP contribution in [0.25, 0.3) is 11.1 Å². The minimum Gasteiger partial charge on any atom is -0.490 e. The molecule has 2 rings (SSSR count). The maximum Gasteiger partial charge on any atom is 0.419 e. The molecular weight excluding hydrogens is 397 g/mol. The summed E-state index contributed by atoms with van der Waals surface area (Å²) in [6.45, 7) is 10.7. The number of aromatic carboxylic acids is 1. The average molecular weight is 422 g/mol. The minimum absolute atomic E-state index is 0.0636. The number of aryl methyl sites for hydroxylation is 1. The number of hydrogen-bond donors (Lipinski definition) is 1. The lowest BCUT2D eigenvalue weighted by Crippen LogP contribution is -2.32. The Balaban J connectivity index is 2.49. The van der Waals surface area contributed by atoms with Crippen molar-refractivity contribution in [3.63, 3.8) is 0 Å². The average Bonchev–Trinajstić information content (AvgIpc) is 2.64. The van der Waals surface area contributed by atoms with Gasteiger partial charge in [0.2, 0.25) is 0 Å². The summed E-state index contributed by atoms with van der Waals surface area (Å²) in [4.78, 5) is 19.6. The van der Waals surface area contributed by atoms with Gasteiger partial charge in [0.1, 0.15) is 12.4 Å². The molecule has 0 bridgehead atoms. The van der Waals surface area contributed by atoms with Crippen LogP contribution in [0.2, 0.25) is 0 Å². The quantitative estimate of drug-likeness (QED) is 0.558. The molecule has 1 N–H and O–H groups in total. The van der Waals surface area contributed by atoms with Crippen molar-refractivity contribution < 1.29 is 27.8 Å². The van der Waals surface area contributed by atoms with E-state index < -0.39 is 23.2 Å². The van der Waals surface area contributed by atoms with E-state index in [-0.39, 0.29) is 40.7 Å². The van der Waals surface area contributed by atoms with Gasteiger partial charge in [-0.2, -0.15) is 13.2 Å². The normalized spacial score (nSPS) is 13.7. The van der Waals surface area contributed by atoms with Crippen LogP contribution in [0.5, 0.6) is 5.75 Å². The molecule has 0 fully saturated rings. The standard InChI is InChI=1S/C22H25F3N2O3/c1-13(2)11-21(4,26-5)12-30-18-7-6-15(10-17(18)22(23,24)25)16-8-9-27-14(3)19(16)20(28)29/h6-10,13H,5,11-12H2,1-4H3,(H,28,29)/t21-/m0/s1. The molecule has 1 aromatic carbocycles. The van der Waals surface area contributed by atoms with Crippen molar-refractivity contribution in [2.24, 2.45) is 10.9 Å². The number of hydrogen-bond acceptors (Lipinski definition) is 4. The van der Waals surface area contributed by atoms with Crippen LogP contribution in [0.15, 0.2) is 35.5 Å². The van der Waals surface area contributed by atoms with Gasteiger partial charge in [-0.05, 0) is 62.2 Å². The zero-order valence-corrected chi connectivity index (χ0v) is 17.4. The van der Waals surface area contributed by atoms with Crippen molar-refractivity contribution in [3.05, 3.63) is 47.3 Å². The zero-order chi connectivity index (χ0) is 22.7. The Morgan fingerprint density at radius 1 is 1.30 bits per heavy atom. The molecule has 0 saturated carbocycles. The van der Waals surface area contributed by atoms with Crippen molar-refractivity contribution in [1.29, 1.82) is 0 Å². The Kier molecular flexibility index (Phi) is 6.90. The molecule has 0 aliphatic heterocycles. The van der Waals surface area contributed by atoms with Gasteiger partial charge in [0.25, 0.3) is 0 Å². The third-order valence-corrected chi connectivity index (χ3v) is 4.72. The van der Waals surface area contributed by atoms with Gasteiger partial charge >= 0.3 is 12.1 Å². The first-order valence-electron chi connectivity index (χ1n) is 9.39. The smallest absolute Gasteiger partial charge is 0.419 e. The largest absolute Gasteiger partial charge is 0.490 e. The number of pyridine rings is 1. The van der Waals surface area contributed by atoms with Gasteiger partial charge in [0.05, 0.1) is 22.4 Å². The Bertz CT molecular complexity index is 942. The molecule has 162 valence electrons. The Hall–Kier alpha value is -2.90. The van der Waals surface area contributed by atoms with Crippen LogP contribution < -0.4 is 4.74 Å². The van der Waals surface area contributed by atoms with E-state index in [4.69, 9.17) is 4.74 Å². The number of benzene rings is 1. The molecule has 1 aromatic heterocycles. The van der Waals surface area contributed by atoms with E-state index in [1.54, 1.807) is 6.92 Å². The van der Waals surface area contributed by atoms with E-state index in [2.05, 4.69) is 16.7 Å². The van der Waals surface area contributed by atoms with E-state index in [1.807, 2.05) is 13.8 Å². The number of aromatic nitrogens is 1. The van der Waals surface area contributed by atoms with Crippen LogP contribution in [0.3, 0.4) is 0 Å². The third kappa shape index (κ3) is 5.37. The molecule has 30 heavy (non-hydrogen) atoms. The van der Waals surface area contributed by atoms with E-state index in [1.165, 1.54) is 31.3 Å². The van der Waals surface area contributed by atoms with E-state index in [9.17, 15) is 23.1 Å². The maximum absolute atomic E-state index is 13.7. The molecule has 0 amide bonds. The van der Waals surface area contributed by atoms with E-state index in [0.717, 1.165) is 6.07 Å². The molecule has 0 radical (unpaired) electrons. The number of halogens is 3. The number of carboxylic acids is 1. The highest BCUT2D eigenvalue weighted by Crippen LogP contribution is 2.40. The molecule has 5 nitrogen and oxygen atoms in total. The predicted molar refractivity (Wildman–Crippen MR) is 109 cm³/mol. The number of nitrogens with zero attached hydrogens (tertiary/aromatic N) is 2. The van der Waals surface area contributed by atoms with Crippen molar-refractivity contribution in [1.82, 2.24) is 4.98 Å². The fourth-order valence-electron chi connectivity index (χ4n) is 3.40. The van der Waals surface area contributed by atoms with Gasteiger partial charge in [-0.3, -0.25) is 9.98 Å². The number of carboxylic acid groups (broad SMARTS) is 1. The summed E-state index contributed by atoms with van der Waals surface area (Å²) in [6.07, 6.45) is -2.72. The summed E-state index contributed by atoms with van der Waals surface area (Å²) in [5.74, 6) is -1.34. The van der Waals surface area contributed by atoms with Crippen molar-refractivity contribution in [2.45, 2.75) is 45.8 Å². The van der Waals surface area contributed by atoms with Crippen LogP contribution in [-0.4, -0.2) is 34.9 Å². The third-order valence-electron chi connectivity index (χ3n) is 4.72. The van der Waals surface area contributed by atoms with Crippen LogP contribution in [-0.2, 0) is 6.18 Å². The second-order valence-corrected chi connectivity index (χ2v) is 7.87. The van der Waals surface area contributed by atoms with Gasteiger partial charge < -0.3 is 9.84 Å².